The molecule has 1 amide bonds. The molecule has 0 saturated heterocycles. The van der Waals surface area contributed by atoms with Crippen LogP contribution in [0.2, 0.25) is 0 Å². The van der Waals surface area contributed by atoms with Gasteiger partial charge in [0.25, 0.3) is 0 Å². The SMILES string of the molecule is O=C(OCc1ccccc1)N(Cc1ccccc1)C1CC1(F)Cl. The fraction of sp³-hybridized carbons (Fsp3) is 0.278. The maximum atomic E-state index is 13.9. The van der Waals surface area contributed by atoms with Crippen LogP contribution >= 0.6 is 11.6 Å². The summed E-state index contributed by atoms with van der Waals surface area (Å²) < 4.78 is 19.2. The van der Waals surface area contributed by atoms with Gasteiger partial charge < -0.3 is 4.74 Å². The van der Waals surface area contributed by atoms with Gasteiger partial charge in [-0.1, -0.05) is 72.3 Å². The first-order chi connectivity index (χ1) is 11.1. The van der Waals surface area contributed by atoms with Gasteiger partial charge in [0.1, 0.15) is 6.61 Å². The van der Waals surface area contributed by atoms with E-state index in [2.05, 4.69) is 0 Å². The molecule has 0 spiro atoms. The van der Waals surface area contributed by atoms with E-state index in [1.54, 1.807) is 0 Å². The van der Waals surface area contributed by atoms with Crippen LogP contribution in [0, 0.1) is 0 Å². The van der Waals surface area contributed by atoms with E-state index in [1.807, 2.05) is 60.7 Å². The van der Waals surface area contributed by atoms with Crippen LogP contribution < -0.4 is 0 Å². The first-order valence-electron chi connectivity index (χ1n) is 7.45. The molecule has 0 radical (unpaired) electrons. The van der Waals surface area contributed by atoms with E-state index in [0.717, 1.165) is 11.1 Å². The number of hydrogen-bond acceptors (Lipinski definition) is 2. The second kappa shape index (κ2) is 6.59. The first-order valence-corrected chi connectivity index (χ1v) is 7.83. The van der Waals surface area contributed by atoms with Crippen LogP contribution in [0.15, 0.2) is 60.7 Å². The highest BCUT2D eigenvalue weighted by molar-refractivity contribution is 6.25. The molecular weight excluding hydrogens is 317 g/mol. The summed E-state index contributed by atoms with van der Waals surface area (Å²) in [5.74, 6) is 0. The molecule has 0 heterocycles. The molecule has 0 aliphatic heterocycles. The zero-order valence-corrected chi connectivity index (χ0v) is 13.2. The average Bonchev–Trinajstić information content (AvgIpc) is 3.20. The topological polar surface area (TPSA) is 29.5 Å². The number of nitrogens with zero attached hydrogens (tertiary/aromatic N) is 1. The molecule has 0 bridgehead atoms. The molecule has 2 atom stereocenters. The third-order valence-corrected chi connectivity index (χ3v) is 4.21. The fourth-order valence-corrected chi connectivity index (χ4v) is 2.69. The van der Waals surface area contributed by atoms with E-state index in [9.17, 15) is 9.18 Å². The molecule has 2 unspecified atom stereocenters. The number of rotatable bonds is 5. The number of halogens is 2. The van der Waals surface area contributed by atoms with E-state index in [4.69, 9.17) is 16.3 Å². The second-order valence-electron chi connectivity index (χ2n) is 5.63. The number of ether oxygens (including phenoxy) is 1. The Balaban J connectivity index is 1.67. The Morgan fingerprint density at radius 3 is 2.17 bits per heavy atom. The number of benzene rings is 2. The summed E-state index contributed by atoms with van der Waals surface area (Å²) in [6.07, 6.45) is -0.426. The highest BCUT2D eigenvalue weighted by atomic mass is 35.5. The zero-order chi connectivity index (χ0) is 16.3. The number of alkyl halides is 2. The fourth-order valence-electron chi connectivity index (χ4n) is 2.42. The van der Waals surface area contributed by atoms with Gasteiger partial charge in [-0.15, -0.1) is 0 Å². The van der Waals surface area contributed by atoms with Gasteiger partial charge in [-0.2, -0.15) is 0 Å². The monoisotopic (exact) mass is 333 g/mol. The lowest BCUT2D eigenvalue weighted by molar-refractivity contribution is 0.0862. The number of carbonyl (C=O) groups excluding carboxylic acids is 1. The Hall–Kier alpha value is -2.07. The van der Waals surface area contributed by atoms with Crippen molar-refractivity contribution in [2.24, 2.45) is 0 Å². The smallest absolute Gasteiger partial charge is 0.410 e. The number of hydrogen-bond donors (Lipinski definition) is 0. The maximum absolute atomic E-state index is 13.9. The second-order valence-corrected chi connectivity index (χ2v) is 6.26. The van der Waals surface area contributed by atoms with Crippen molar-refractivity contribution in [3.8, 4) is 0 Å². The molecule has 0 aromatic heterocycles. The molecule has 0 N–H and O–H groups in total. The summed E-state index contributed by atoms with van der Waals surface area (Å²) in [7, 11) is 0. The molecule has 2 aromatic rings. The maximum Gasteiger partial charge on any atom is 0.410 e. The number of amides is 1. The minimum Gasteiger partial charge on any atom is -0.445 e. The van der Waals surface area contributed by atoms with E-state index in [1.165, 1.54) is 4.90 Å². The van der Waals surface area contributed by atoms with E-state index in [0.29, 0.717) is 0 Å². The predicted molar refractivity (Wildman–Crippen MR) is 86.7 cm³/mol. The van der Waals surface area contributed by atoms with Crippen LogP contribution in [0.5, 0.6) is 0 Å². The summed E-state index contributed by atoms with van der Waals surface area (Å²) in [6.45, 7) is 0.427. The Kier molecular flexibility index (Phi) is 4.53. The van der Waals surface area contributed by atoms with Crippen LogP contribution in [0.4, 0.5) is 9.18 Å². The van der Waals surface area contributed by atoms with Crippen LogP contribution in [-0.2, 0) is 17.9 Å². The van der Waals surface area contributed by atoms with Crippen LogP contribution in [0.1, 0.15) is 17.5 Å². The lowest BCUT2D eigenvalue weighted by Crippen LogP contribution is -2.35. The van der Waals surface area contributed by atoms with Crippen LogP contribution in [0.25, 0.3) is 0 Å². The van der Waals surface area contributed by atoms with Gasteiger partial charge in [0.05, 0.1) is 6.04 Å². The van der Waals surface area contributed by atoms with Crippen molar-refractivity contribution in [2.45, 2.75) is 30.7 Å². The van der Waals surface area contributed by atoms with Crippen molar-refractivity contribution in [2.75, 3.05) is 0 Å². The Morgan fingerprint density at radius 1 is 1.13 bits per heavy atom. The lowest BCUT2D eigenvalue weighted by Gasteiger charge is -2.22. The minimum absolute atomic E-state index is 0.127. The first kappa shape index (κ1) is 15.8. The molecule has 1 fully saturated rings. The summed E-state index contributed by atoms with van der Waals surface area (Å²) in [6, 6.07) is 18.1. The van der Waals surface area contributed by atoms with Crippen LogP contribution in [0.3, 0.4) is 0 Å². The van der Waals surface area contributed by atoms with Crippen molar-refractivity contribution >= 4 is 17.7 Å². The largest absolute Gasteiger partial charge is 0.445 e. The molecule has 5 heteroatoms. The molecule has 23 heavy (non-hydrogen) atoms. The van der Waals surface area contributed by atoms with E-state index >= 15 is 0 Å². The minimum atomic E-state index is -1.85. The molecule has 1 aliphatic rings. The van der Waals surface area contributed by atoms with Crippen molar-refractivity contribution < 1.29 is 13.9 Å². The van der Waals surface area contributed by atoms with Gasteiger partial charge in [-0.3, -0.25) is 4.90 Å². The molecule has 2 aromatic carbocycles. The Morgan fingerprint density at radius 2 is 1.65 bits per heavy atom. The van der Waals surface area contributed by atoms with Crippen molar-refractivity contribution in [3.05, 3.63) is 71.8 Å². The molecule has 3 nitrogen and oxygen atoms in total. The van der Waals surface area contributed by atoms with Gasteiger partial charge in [-0.25, -0.2) is 9.18 Å². The highest BCUT2D eigenvalue weighted by Crippen LogP contribution is 2.48. The normalized spacial score (nSPS) is 22.4. The molecule has 1 saturated carbocycles. The van der Waals surface area contributed by atoms with Gasteiger partial charge >= 0.3 is 6.09 Å². The third kappa shape index (κ3) is 4.02. The van der Waals surface area contributed by atoms with Crippen LogP contribution in [-0.4, -0.2) is 22.2 Å². The quantitative estimate of drug-likeness (QED) is 0.754. The Labute approximate surface area is 139 Å². The molecule has 3 rings (SSSR count). The molecular formula is C18H17ClFNO2. The van der Waals surface area contributed by atoms with Crippen molar-refractivity contribution in [1.29, 1.82) is 0 Å². The summed E-state index contributed by atoms with van der Waals surface area (Å²) in [5, 5.41) is -1.85. The summed E-state index contributed by atoms with van der Waals surface area (Å²) >= 11 is 5.71. The molecule has 120 valence electrons. The zero-order valence-electron chi connectivity index (χ0n) is 12.5. The summed E-state index contributed by atoms with van der Waals surface area (Å²) in [5.41, 5.74) is 1.79. The highest BCUT2D eigenvalue weighted by Gasteiger charge is 2.59. The van der Waals surface area contributed by atoms with Crippen molar-refractivity contribution in [1.82, 2.24) is 4.90 Å². The summed E-state index contributed by atoms with van der Waals surface area (Å²) in [4.78, 5) is 13.7. The molecule has 1 aliphatic carbocycles. The van der Waals surface area contributed by atoms with Crippen molar-refractivity contribution in [3.63, 3.8) is 0 Å². The predicted octanol–water partition coefficient (Wildman–Crippen LogP) is 4.50. The van der Waals surface area contributed by atoms with E-state index in [-0.39, 0.29) is 19.6 Å². The van der Waals surface area contributed by atoms with Gasteiger partial charge in [0, 0.05) is 13.0 Å². The Bertz CT molecular complexity index is 663. The standard InChI is InChI=1S/C18H17ClFNO2/c19-18(20)11-16(18)21(12-14-7-3-1-4-8-14)17(22)23-13-15-9-5-2-6-10-15/h1-10,16H,11-13H2. The number of carbonyl (C=O) groups is 1. The van der Waals surface area contributed by atoms with Gasteiger partial charge in [0.2, 0.25) is 5.13 Å². The lowest BCUT2D eigenvalue weighted by atomic mass is 10.2. The third-order valence-electron chi connectivity index (χ3n) is 3.80. The van der Waals surface area contributed by atoms with E-state index < -0.39 is 17.3 Å². The average molecular weight is 334 g/mol. The van der Waals surface area contributed by atoms with Gasteiger partial charge in [-0.05, 0) is 11.1 Å². The van der Waals surface area contributed by atoms with Gasteiger partial charge in [0.15, 0.2) is 0 Å².